The smallest absolute Gasteiger partial charge is 0.306 e. The highest BCUT2D eigenvalue weighted by Gasteiger charge is 2.17. The molecular weight excluding hydrogens is 216 g/mol. The molecule has 2 rings (SSSR count). The minimum absolute atomic E-state index is 0.0444. The standard InChI is InChI=1S/C13H20N2O2/c16-13(17-12-5-2-1-3-6-12)7-4-9-15-10-8-14-11-15/h8,10-12H,1-7,9H2. The van der Waals surface area contributed by atoms with Crippen molar-refractivity contribution in [2.24, 2.45) is 0 Å². The van der Waals surface area contributed by atoms with E-state index in [0.29, 0.717) is 6.42 Å². The number of hydrogen-bond acceptors (Lipinski definition) is 3. The minimum atomic E-state index is -0.0444. The van der Waals surface area contributed by atoms with Gasteiger partial charge in [-0.25, -0.2) is 4.98 Å². The van der Waals surface area contributed by atoms with Gasteiger partial charge in [0.15, 0.2) is 0 Å². The molecule has 4 nitrogen and oxygen atoms in total. The fourth-order valence-corrected chi connectivity index (χ4v) is 2.25. The molecule has 0 radical (unpaired) electrons. The fourth-order valence-electron chi connectivity index (χ4n) is 2.25. The number of rotatable bonds is 5. The number of aryl methyl sites for hydroxylation is 1. The van der Waals surface area contributed by atoms with E-state index in [1.807, 2.05) is 10.8 Å². The Labute approximate surface area is 102 Å². The first-order valence-corrected chi connectivity index (χ1v) is 6.50. The fraction of sp³-hybridized carbons (Fsp3) is 0.692. The summed E-state index contributed by atoms with van der Waals surface area (Å²) in [5.74, 6) is -0.0444. The first-order chi connectivity index (χ1) is 8.34. The molecule has 1 aromatic rings. The van der Waals surface area contributed by atoms with Crippen LogP contribution in [0.25, 0.3) is 0 Å². The predicted octanol–water partition coefficient (Wildman–Crippen LogP) is 2.54. The summed E-state index contributed by atoms with van der Waals surface area (Å²) in [6.07, 6.45) is 12.7. The molecule has 1 aliphatic carbocycles. The average Bonchev–Trinajstić information content (AvgIpc) is 2.83. The van der Waals surface area contributed by atoms with Crippen molar-refractivity contribution in [1.29, 1.82) is 0 Å². The van der Waals surface area contributed by atoms with E-state index in [1.165, 1.54) is 19.3 Å². The van der Waals surface area contributed by atoms with Crippen LogP contribution in [0.4, 0.5) is 0 Å². The van der Waals surface area contributed by atoms with Crippen LogP contribution in [-0.2, 0) is 16.1 Å². The van der Waals surface area contributed by atoms with Gasteiger partial charge in [-0.05, 0) is 32.1 Å². The summed E-state index contributed by atoms with van der Waals surface area (Å²) in [4.78, 5) is 15.6. The van der Waals surface area contributed by atoms with Gasteiger partial charge in [0.25, 0.3) is 0 Å². The van der Waals surface area contributed by atoms with Gasteiger partial charge in [-0.1, -0.05) is 6.42 Å². The summed E-state index contributed by atoms with van der Waals surface area (Å²) in [6, 6.07) is 0. The Morgan fingerprint density at radius 1 is 1.35 bits per heavy atom. The summed E-state index contributed by atoms with van der Waals surface area (Å²) >= 11 is 0. The molecule has 0 bridgehead atoms. The quantitative estimate of drug-likeness (QED) is 0.738. The third-order valence-electron chi connectivity index (χ3n) is 3.21. The van der Waals surface area contributed by atoms with Crippen molar-refractivity contribution >= 4 is 5.97 Å². The lowest BCUT2D eigenvalue weighted by Gasteiger charge is -2.21. The average molecular weight is 236 g/mol. The van der Waals surface area contributed by atoms with Crippen molar-refractivity contribution in [3.63, 3.8) is 0 Å². The molecule has 1 saturated carbocycles. The molecule has 1 aliphatic rings. The summed E-state index contributed by atoms with van der Waals surface area (Å²) in [5.41, 5.74) is 0. The Morgan fingerprint density at radius 3 is 2.88 bits per heavy atom. The lowest BCUT2D eigenvalue weighted by atomic mass is 9.98. The highest BCUT2D eigenvalue weighted by Crippen LogP contribution is 2.20. The zero-order chi connectivity index (χ0) is 11.9. The number of imidazole rings is 1. The van der Waals surface area contributed by atoms with Crippen LogP contribution in [0.1, 0.15) is 44.9 Å². The van der Waals surface area contributed by atoms with Crippen LogP contribution in [0, 0.1) is 0 Å². The van der Waals surface area contributed by atoms with Gasteiger partial charge in [0, 0.05) is 25.4 Å². The van der Waals surface area contributed by atoms with Crippen LogP contribution in [0.15, 0.2) is 18.7 Å². The molecule has 0 atom stereocenters. The van der Waals surface area contributed by atoms with Crippen molar-refractivity contribution in [3.05, 3.63) is 18.7 Å². The molecule has 0 N–H and O–H groups in total. The van der Waals surface area contributed by atoms with E-state index in [0.717, 1.165) is 25.8 Å². The normalized spacial score (nSPS) is 16.9. The summed E-state index contributed by atoms with van der Waals surface area (Å²) in [6.45, 7) is 0.833. The molecule has 0 aromatic carbocycles. The van der Waals surface area contributed by atoms with Crippen LogP contribution >= 0.6 is 0 Å². The maximum absolute atomic E-state index is 11.6. The second-order valence-corrected chi connectivity index (χ2v) is 4.65. The second-order valence-electron chi connectivity index (χ2n) is 4.65. The number of hydrogen-bond donors (Lipinski definition) is 0. The van der Waals surface area contributed by atoms with Gasteiger partial charge in [-0.15, -0.1) is 0 Å². The molecule has 17 heavy (non-hydrogen) atoms. The molecule has 0 unspecified atom stereocenters. The number of aromatic nitrogens is 2. The molecule has 0 amide bonds. The molecule has 0 aliphatic heterocycles. The Kier molecular flexibility index (Phi) is 4.59. The lowest BCUT2D eigenvalue weighted by Crippen LogP contribution is -2.20. The van der Waals surface area contributed by atoms with Gasteiger partial charge in [0.1, 0.15) is 6.10 Å². The molecule has 0 saturated heterocycles. The van der Waals surface area contributed by atoms with Crippen LogP contribution in [0.5, 0.6) is 0 Å². The van der Waals surface area contributed by atoms with Gasteiger partial charge >= 0.3 is 5.97 Å². The van der Waals surface area contributed by atoms with Crippen LogP contribution in [0.3, 0.4) is 0 Å². The van der Waals surface area contributed by atoms with Crippen molar-refractivity contribution < 1.29 is 9.53 Å². The van der Waals surface area contributed by atoms with E-state index < -0.39 is 0 Å². The van der Waals surface area contributed by atoms with Crippen molar-refractivity contribution in [2.75, 3.05) is 0 Å². The molecule has 4 heteroatoms. The molecule has 94 valence electrons. The van der Waals surface area contributed by atoms with E-state index in [1.54, 1.807) is 12.5 Å². The Balaban J connectivity index is 1.60. The number of nitrogens with zero attached hydrogens (tertiary/aromatic N) is 2. The summed E-state index contributed by atoms with van der Waals surface area (Å²) in [7, 11) is 0. The Bertz CT molecular complexity index is 329. The van der Waals surface area contributed by atoms with Crippen molar-refractivity contribution in [3.8, 4) is 0 Å². The molecule has 1 aromatic heterocycles. The number of esters is 1. The summed E-state index contributed by atoms with van der Waals surface area (Å²) < 4.78 is 7.43. The highest BCUT2D eigenvalue weighted by molar-refractivity contribution is 5.69. The molecule has 0 spiro atoms. The number of ether oxygens (including phenoxy) is 1. The van der Waals surface area contributed by atoms with Gasteiger partial charge in [-0.2, -0.15) is 0 Å². The van der Waals surface area contributed by atoms with Crippen molar-refractivity contribution in [2.45, 2.75) is 57.6 Å². The number of carbonyl (C=O) groups is 1. The number of carbonyl (C=O) groups excluding carboxylic acids is 1. The largest absolute Gasteiger partial charge is 0.462 e. The monoisotopic (exact) mass is 236 g/mol. The predicted molar refractivity (Wildman–Crippen MR) is 64.4 cm³/mol. The van der Waals surface area contributed by atoms with E-state index in [4.69, 9.17) is 4.74 Å². The van der Waals surface area contributed by atoms with Gasteiger partial charge in [-0.3, -0.25) is 4.79 Å². The van der Waals surface area contributed by atoms with E-state index >= 15 is 0 Å². The van der Waals surface area contributed by atoms with E-state index in [-0.39, 0.29) is 12.1 Å². The first-order valence-electron chi connectivity index (χ1n) is 6.50. The topological polar surface area (TPSA) is 44.1 Å². The van der Waals surface area contributed by atoms with Crippen molar-refractivity contribution in [1.82, 2.24) is 9.55 Å². The van der Waals surface area contributed by atoms with Gasteiger partial charge in [0.05, 0.1) is 6.33 Å². The van der Waals surface area contributed by atoms with Crippen LogP contribution < -0.4 is 0 Å². The van der Waals surface area contributed by atoms with Gasteiger partial charge in [0.2, 0.25) is 0 Å². The maximum atomic E-state index is 11.6. The lowest BCUT2D eigenvalue weighted by molar-refractivity contribution is -0.150. The minimum Gasteiger partial charge on any atom is -0.462 e. The van der Waals surface area contributed by atoms with Crippen LogP contribution in [0.2, 0.25) is 0 Å². The Hall–Kier alpha value is -1.32. The van der Waals surface area contributed by atoms with Crippen LogP contribution in [-0.4, -0.2) is 21.6 Å². The summed E-state index contributed by atoms with van der Waals surface area (Å²) in [5, 5.41) is 0. The zero-order valence-corrected chi connectivity index (χ0v) is 10.2. The molecule has 1 heterocycles. The second kappa shape index (κ2) is 6.42. The third kappa shape index (κ3) is 4.21. The van der Waals surface area contributed by atoms with Gasteiger partial charge < -0.3 is 9.30 Å². The molecule has 1 fully saturated rings. The first kappa shape index (κ1) is 12.1. The third-order valence-corrected chi connectivity index (χ3v) is 3.21. The van der Waals surface area contributed by atoms with E-state index in [9.17, 15) is 4.79 Å². The zero-order valence-electron chi connectivity index (χ0n) is 10.2. The maximum Gasteiger partial charge on any atom is 0.306 e. The highest BCUT2D eigenvalue weighted by atomic mass is 16.5. The SMILES string of the molecule is O=C(CCCn1ccnc1)OC1CCCCC1. The Morgan fingerprint density at radius 2 is 2.18 bits per heavy atom. The van der Waals surface area contributed by atoms with E-state index in [2.05, 4.69) is 4.98 Å². The molecular formula is C13H20N2O2.